The molecule has 0 aromatic rings. The van der Waals surface area contributed by atoms with Crippen LogP contribution in [-0.4, -0.2) is 54.2 Å². The molecular formula is C13H26N2O2. The summed E-state index contributed by atoms with van der Waals surface area (Å²) in [5.74, 6) is 0. The van der Waals surface area contributed by atoms with Crippen LogP contribution in [0.4, 0.5) is 4.79 Å². The van der Waals surface area contributed by atoms with E-state index in [0.717, 1.165) is 32.5 Å². The Morgan fingerprint density at radius 1 is 1.47 bits per heavy atom. The molecule has 0 aliphatic carbocycles. The first kappa shape index (κ1) is 14.3. The predicted octanol–water partition coefficient (Wildman–Crippen LogP) is 2.34. The van der Waals surface area contributed by atoms with Crippen LogP contribution in [0.3, 0.4) is 0 Å². The van der Waals surface area contributed by atoms with Gasteiger partial charge < -0.3 is 14.5 Å². The van der Waals surface area contributed by atoms with E-state index in [2.05, 4.69) is 11.8 Å². The summed E-state index contributed by atoms with van der Waals surface area (Å²) in [6, 6.07) is 0.290. The number of rotatable bonds is 2. The zero-order chi connectivity index (χ0) is 13.1. The summed E-state index contributed by atoms with van der Waals surface area (Å²) in [7, 11) is 1.85. The van der Waals surface area contributed by atoms with E-state index in [-0.39, 0.29) is 6.09 Å². The highest BCUT2D eigenvalue weighted by Crippen LogP contribution is 2.17. The van der Waals surface area contributed by atoms with Crippen molar-refractivity contribution >= 4 is 6.09 Å². The quantitative estimate of drug-likeness (QED) is 0.745. The van der Waals surface area contributed by atoms with E-state index in [1.165, 1.54) is 0 Å². The van der Waals surface area contributed by atoms with E-state index in [1.807, 2.05) is 27.8 Å². The van der Waals surface area contributed by atoms with Crippen LogP contribution in [0.1, 0.15) is 40.5 Å². The smallest absolute Gasteiger partial charge is 0.410 e. The van der Waals surface area contributed by atoms with Crippen LogP contribution in [-0.2, 0) is 4.74 Å². The molecule has 1 aliphatic rings. The van der Waals surface area contributed by atoms with Gasteiger partial charge in [-0.15, -0.1) is 0 Å². The van der Waals surface area contributed by atoms with Gasteiger partial charge in [0.05, 0.1) is 0 Å². The van der Waals surface area contributed by atoms with Gasteiger partial charge in [-0.1, -0.05) is 6.92 Å². The molecule has 1 fully saturated rings. The fraction of sp³-hybridized carbons (Fsp3) is 0.923. The molecular weight excluding hydrogens is 216 g/mol. The minimum absolute atomic E-state index is 0.208. The summed E-state index contributed by atoms with van der Waals surface area (Å²) in [5, 5.41) is 0. The number of likely N-dealkylation sites (tertiary alicyclic amines) is 1. The molecule has 0 spiro atoms. The molecule has 4 nitrogen and oxygen atoms in total. The van der Waals surface area contributed by atoms with Gasteiger partial charge in [0.15, 0.2) is 0 Å². The normalized spacial score (nSPS) is 22.3. The molecule has 1 rings (SSSR count). The molecule has 0 saturated carbocycles. The predicted molar refractivity (Wildman–Crippen MR) is 69.1 cm³/mol. The first-order chi connectivity index (χ1) is 7.83. The fourth-order valence-corrected chi connectivity index (χ4v) is 2.12. The van der Waals surface area contributed by atoms with Gasteiger partial charge in [-0.2, -0.15) is 0 Å². The van der Waals surface area contributed by atoms with Gasteiger partial charge in [-0.3, -0.25) is 0 Å². The lowest BCUT2D eigenvalue weighted by Crippen LogP contribution is -2.49. The number of ether oxygens (including phenoxy) is 1. The lowest BCUT2D eigenvalue weighted by molar-refractivity contribution is 0.0138. The molecule has 1 saturated heterocycles. The Balaban J connectivity index is 2.51. The highest BCUT2D eigenvalue weighted by atomic mass is 16.6. The summed E-state index contributed by atoms with van der Waals surface area (Å²) >= 11 is 0. The lowest BCUT2D eigenvalue weighted by Gasteiger charge is -2.37. The summed E-state index contributed by atoms with van der Waals surface area (Å²) in [4.78, 5) is 16.1. The second-order valence-corrected chi connectivity index (χ2v) is 5.78. The highest BCUT2D eigenvalue weighted by Gasteiger charge is 2.28. The maximum absolute atomic E-state index is 11.9. The summed E-state index contributed by atoms with van der Waals surface area (Å²) in [6.45, 7) is 11.0. The number of amides is 1. The van der Waals surface area contributed by atoms with Crippen molar-refractivity contribution in [2.75, 3.05) is 26.7 Å². The van der Waals surface area contributed by atoms with Gasteiger partial charge in [0.2, 0.25) is 0 Å². The Hall–Kier alpha value is -0.770. The molecule has 1 atom stereocenters. The maximum atomic E-state index is 11.9. The van der Waals surface area contributed by atoms with Gasteiger partial charge in [0.25, 0.3) is 0 Å². The monoisotopic (exact) mass is 242 g/mol. The lowest BCUT2D eigenvalue weighted by atomic mass is 10.1. The zero-order valence-corrected chi connectivity index (χ0v) is 11.8. The standard InChI is InChI=1S/C13H26N2O2/c1-6-15-9-7-8-11(10-15)14(5)12(16)17-13(2,3)4/h11H,6-10H2,1-5H3. The Morgan fingerprint density at radius 3 is 2.65 bits per heavy atom. The number of carbonyl (C=O) groups excluding carboxylic acids is 1. The molecule has 1 amide bonds. The summed E-state index contributed by atoms with van der Waals surface area (Å²) in [5.41, 5.74) is -0.412. The van der Waals surface area contributed by atoms with Crippen molar-refractivity contribution in [3.05, 3.63) is 0 Å². The SMILES string of the molecule is CCN1CCCC(N(C)C(=O)OC(C)(C)C)C1. The second kappa shape index (κ2) is 5.71. The molecule has 0 radical (unpaired) electrons. The van der Waals surface area contributed by atoms with E-state index in [0.29, 0.717) is 6.04 Å². The number of piperidine rings is 1. The van der Waals surface area contributed by atoms with Crippen LogP contribution in [0, 0.1) is 0 Å². The summed E-state index contributed by atoms with van der Waals surface area (Å²) < 4.78 is 5.39. The number of nitrogens with zero attached hydrogens (tertiary/aromatic N) is 2. The van der Waals surface area contributed by atoms with Crippen molar-refractivity contribution in [2.45, 2.75) is 52.2 Å². The average Bonchev–Trinajstić information content (AvgIpc) is 2.26. The second-order valence-electron chi connectivity index (χ2n) is 5.78. The fourth-order valence-electron chi connectivity index (χ4n) is 2.12. The third kappa shape index (κ3) is 4.54. The van der Waals surface area contributed by atoms with Crippen molar-refractivity contribution in [3.63, 3.8) is 0 Å². The third-order valence-corrected chi connectivity index (χ3v) is 3.16. The van der Waals surface area contributed by atoms with E-state index >= 15 is 0 Å². The largest absolute Gasteiger partial charge is 0.444 e. The van der Waals surface area contributed by atoms with Crippen molar-refractivity contribution < 1.29 is 9.53 Å². The molecule has 1 aliphatic heterocycles. The molecule has 0 N–H and O–H groups in total. The third-order valence-electron chi connectivity index (χ3n) is 3.16. The molecule has 4 heteroatoms. The first-order valence-corrected chi connectivity index (χ1v) is 6.51. The summed E-state index contributed by atoms with van der Waals surface area (Å²) in [6.07, 6.45) is 2.03. The van der Waals surface area contributed by atoms with Crippen LogP contribution in [0.5, 0.6) is 0 Å². The van der Waals surface area contributed by atoms with Gasteiger partial charge >= 0.3 is 6.09 Å². The first-order valence-electron chi connectivity index (χ1n) is 6.51. The van der Waals surface area contributed by atoms with E-state index in [4.69, 9.17) is 4.74 Å². The van der Waals surface area contributed by atoms with Crippen LogP contribution >= 0.6 is 0 Å². The number of hydrogen-bond acceptors (Lipinski definition) is 3. The van der Waals surface area contributed by atoms with Crippen LogP contribution in [0.15, 0.2) is 0 Å². The van der Waals surface area contributed by atoms with E-state index in [9.17, 15) is 4.79 Å². The molecule has 100 valence electrons. The van der Waals surface area contributed by atoms with Crippen LogP contribution in [0.2, 0.25) is 0 Å². The molecule has 17 heavy (non-hydrogen) atoms. The van der Waals surface area contributed by atoms with Crippen molar-refractivity contribution in [1.82, 2.24) is 9.80 Å². The van der Waals surface area contributed by atoms with Crippen LogP contribution in [0.25, 0.3) is 0 Å². The molecule has 0 aromatic heterocycles. The molecule has 1 unspecified atom stereocenters. The number of likely N-dealkylation sites (N-methyl/N-ethyl adjacent to an activating group) is 2. The molecule has 0 bridgehead atoms. The van der Waals surface area contributed by atoms with E-state index in [1.54, 1.807) is 4.90 Å². The minimum Gasteiger partial charge on any atom is -0.444 e. The van der Waals surface area contributed by atoms with Gasteiger partial charge in [0, 0.05) is 19.6 Å². The Kier molecular flexibility index (Phi) is 4.80. The average molecular weight is 242 g/mol. The Bertz CT molecular complexity index is 261. The molecule has 1 heterocycles. The van der Waals surface area contributed by atoms with Crippen molar-refractivity contribution in [1.29, 1.82) is 0 Å². The topological polar surface area (TPSA) is 32.8 Å². The Morgan fingerprint density at radius 2 is 2.12 bits per heavy atom. The van der Waals surface area contributed by atoms with Crippen LogP contribution < -0.4 is 0 Å². The Labute approximate surface area is 105 Å². The minimum atomic E-state index is -0.412. The van der Waals surface area contributed by atoms with Gasteiger partial charge in [-0.05, 0) is 46.7 Å². The van der Waals surface area contributed by atoms with Crippen molar-refractivity contribution in [2.24, 2.45) is 0 Å². The van der Waals surface area contributed by atoms with E-state index < -0.39 is 5.60 Å². The van der Waals surface area contributed by atoms with Gasteiger partial charge in [-0.25, -0.2) is 4.79 Å². The number of hydrogen-bond donors (Lipinski definition) is 0. The molecule has 0 aromatic carbocycles. The van der Waals surface area contributed by atoms with Crippen molar-refractivity contribution in [3.8, 4) is 0 Å². The zero-order valence-electron chi connectivity index (χ0n) is 11.8. The maximum Gasteiger partial charge on any atom is 0.410 e. The van der Waals surface area contributed by atoms with Gasteiger partial charge in [0.1, 0.15) is 5.60 Å². The number of carbonyl (C=O) groups is 1. The highest BCUT2D eigenvalue weighted by molar-refractivity contribution is 5.68.